The number of ether oxygens (including phenoxy) is 2. The molecule has 0 aromatic rings. The largest absolute Gasteiger partial charge is 0.458 e. The third-order valence-electron chi connectivity index (χ3n) is 2.45. The van der Waals surface area contributed by atoms with Crippen molar-refractivity contribution in [3.63, 3.8) is 0 Å². The van der Waals surface area contributed by atoms with Crippen LogP contribution in [0.1, 0.15) is 48.5 Å². The van der Waals surface area contributed by atoms with Crippen molar-refractivity contribution in [2.75, 3.05) is 18.6 Å². The molecule has 0 unspecified atom stereocenters. The molecule has 0 aromatic carbocycles. The quantitative estimate of drug-likeness (QED) is 0.477. The van der Waals surface area contributed by atoms with E-state index in [1.807, 2.05) is 0 Å². The molecule has 0 spiro atoms. The van der Waals surface area contributed by atoms with Gasteiger partial charge in [-0.2, -0.15) is 20.2 Å². The maximum absolute atomic E-state index is 12.4. The van der Waals surface area contributed by atoms with Crippen molar-refractivity contribution < 1.29 is 31.7 Å². The minimum Gasteiger partial charge on any atom is -0.458 e. The molecule has 10 heteroatoms. The van der Waals surface area contributed by atoms with E-state index in [2.05, 4.69) is 5.32 Å². The van der Waals surface area contributed by atoms with E-state index in [4.69, 9.17) is 13.7 Å². The molecule has 2 atom stereocenters. The normalized spacial score (nSPS) is 15.1. The summed E-state index contributed by atoms with van der Waals surface area (Å²) in [5.41, 5.74) is -1.41. The van der Waals surface area contributed by atoms with Gasteiger partial charge in [0.2, 0.25) is 0 Å². The van der Waals surface area contributed by atoms with Gasteiger partial charge in [0.05, 0.1) is 12.9 Å². The summed E-state index contributed by atoms with van der Waals surface area (Å²) >= 11 is 1.28. The molecule has 0 bridgehead atoms. The van der Waals surface area contributed by atoms with Gasteiger partial charge in [0.15, 0.2) is 0 Å². The van der Waals surface area contributed by atoms with Crippen LogP contribution in [0.2, 0.25) is 0 Å². The number of hydrogen-bond donors (Lipinski definition) is 1. The molecule has 26 heavy (non-hydrogen) atoms. The van der Waals surface area contributed by atoms with E-state index in [1.165, 1.54) is 11.8 Å². The summed E-state index contributed by atoms with van der Waals surface area (Å²) in [6.45, 7) is 12.1. The Morgan fingerprint density at radius 1 is 1.04 bits per heavy atom. The summed E-state index contributed by atoms with van der Waals surface area (Å²) in [5, 5.41) is 2.30. The first kappa shape index (κ1) is 25.0. The maximum Gasteiger partial charge on any atom is 0.408 e. The molecular weight excluding hydrogens is 382 g/mol. The Bertz CT molecular complexity index is 576. The lowest BCUT2D eigenvalue weighted by Crippen LogP contribution is -2.47. The minimum absolute atomic E-state index is 0.0308. The lowest BCUT2D eigenvalue weighted by Gasteiger charge is -2.26. The summed E-state index contributed by atoms with van der Waals surface area (Å²) in [5.74, 6) is -0.408. The highest BCUT2D eigenvalue weighted by atomic mass is 32.2. The first-order valence-corrected chi connectivity index (χ1v) is 11.0. The number of nitrogens with one attached hydrogen (secondary N) is 1. The summed E-state index contributed by atoms with van der Waals surface area (Å²) in [6.07, 6.45) is 0.242. The van der Waals surface area contributed by atoms with Gasteiger partial charge in [0.1, 0.15) is 17.2 Å². The van der Waals surface area contributed by atoms with Gasteiger partial charge in [-0.25, -0.2) is 9.59 Å². The second-order valence-corrected chi connectivity index (χ2v) is 11.0. The first-order chi connectivity index (χ1) is 11.5. The Kier molecular flexibility index (Phi) is 9.42. The first-order valence-electron chi connectivity index (χ1n) is 8.17. The predicted molar refractivity (Wildman–Crippen MR) is 102 cm³/mol. The molecule has 1 amide bonds. The van der Waals surface area contributed by atoms with Gasteiger partial charge in [-0.15, -0.1) is 0 Å². The standard InChI is InChI=1S/C16H31NO7S2/c1-11(9-22-26(8,20)21)25-10-12(13(18)23-15(2,3)4)17-14(19)24-16(5,6)7/h11-12H,9-10H2,1-8H3,(H,17,19)/t11-,12+/m1/s1. The number of carbonyl (C=O) groups excluding carboxylic acids is 2. The summed E-state index contributed by atoms with van der Waals surface area (Å²) in [4.78, 5) is 24.3. The van der Waals surface area contributed by atoms with E-state index in [9.17, 15) is 18.0 Å². The van der Waals surface area contributed by atoms with Gasteiger partial charge in [-0.05, 0) is 41.5 Å². The summed E-state index contributed by atoms with van der Waals surface area (Å²) in [6, 6.07) is -0.935. The fraction of sp³-hybridized carbons (Fsp3) is 0.875. The van der Waals surface area contributed by atoms with Crippen molar-refractivity contribution in [1.82, 2.24) is 5.32 Å². The molecule has 0 rings (SSSR count). The fourth-order valence-corrected chi connectivity index (χ4v) is 2.96. The summed E-state index contributed by atoms with van der Waals surface area (Å²) < 4.78 is 37.3. The van der Waals surface area contributed by atoms with Crippen molar-refractivity contribution in [2.24, 2.45) is 0 Å². The lowest BCUT2D eigenvalue weighted by atomic mass is 10.2. The SMILES string of the molecule is C[C@H](COS(C)(=O)=O)SC[C@H](NC(=O)OC(C)(C)C)C(=O)OC(C)(C)C. The number of rotatable bonds is 8. The van der Waals surface area contributed by atoms with Crippen LogP contribution in [0.15, 0.2) is 0 Å². The average molecular weight is 414 g/mol. The second-order valence-electron chi connectivity index (χ2n) is 7.86. The number of hydrogen-bond acceptors (Lipinski definition) is 8. The third-order valence-corrected chi connectivity index (χ3v) is 4.24. The number of amides is 1. The molecule has 0 aromatic heterocycles. The second kappa shape index (κ2) is 9.80. The number of carbonyl (C=O) groups is 2. The summed E-state index contributed by atoms with van der Waals surface area (Å²) in [7, 11) is -3.53. The number of esters is 1. The highest BCUT2D eigenvalue weighted by Crippen LogP contribution is 2.17. The minimum atomic E-state index is -3.53. The Morgan fingerprint density at radius 3 is 1.96 bits per heavy atom. The van der Waals surface area contributed by atoms with Crippen LogP contribution < -0.4 is 5.32 Å². The van der Waals surface area contributed by atoms with Crippen molar-refractivity contribution in [3.8, 4) is 0 Å². The number of thioether (sulfide) groups is 1. The highest BCUT2D eigenvalue weighted by Gasteiger charge is 2.29. The van der Waals surface area contributed by atoms with Crippen LogP contribution in [-0.2, 0) is 28.6 Å². The third kappa shape index (κ3) is 14.2. The zero-order chi connectivity index (χ0) is 20.8. The van der Waals surface area contributed by atoms with Crippen LogP contribution in [0.5, 0.6) is 0 Å². The molecule has 0 saturated heterocycles. The van der Waals surface area contributed by atoms with Gasteiger partial charge in [0, 0.05) is 11.0 Å². The molecule has 0 radical (unpaired) electrons. The Labute approximate surface area is 160 Å². The van der Waals surface area contributed by atoms with Crippen molar-refractivity contribution >= 4 is 33.9 Å². The molecule has 0 fully saturated rings. The molecule has 1 N–H and O–H groups in total. The van der Waals surface area contributed by atoms with E-state index in [-0.39, 0.29) is 17.6 Å². The average Bonchev–Trinajstić information content (AvgIpc) is 2.36. The maximum atomic E-state index is 12.4. The Balaban J connectivity index is 4.87. The fourth-order valence-electron chi connectivity index (χ4n) is 1.52. The Morgan fingerprint density at radius 2 is 1.54 bits per heavy atom. The topological polar surface area (TPSA) is 108 Å². The smallest absolute Gasteiger partial charge is 0.408 e. The van der Waals surface area contributed by atoms with Gasteiger partial charge < -0.3 is 14.8 Å². The van der Waals surface area contributed by atoms with Crippen molar-refractivity contribution in [1.29, 1.82) is 0 Å². The van der Waals surface area contributed by atoms with Crippen molar-refractivity contribution in [3.05, 3.63) is 0 Å². The van der Waals surface area contributed by atoms with E-state index >= 15 is 0 Å². The van der Waals surface area contributed by atoms with Crippen LogP contribution in [0.3, 0.4) is 0 Å². The lowest BCUT2D eigenvalue weighted by molar-refractivity contribution is -0.156. The zero-order valence-corrected chi connectivity index (χ0v) is 18.4. The van der Waals surface area contributed by atoms with Crippen LogP contribution in [0, 0.1) is 0 Å². The van der Waals surface area contributed by atoms with Crippen LogP contribution in [0.4, 0.5) is 4.79 Å². The molecule has 0 heterocycles. The molecule has 0 aliphatic rings. The van der Waals surface area contributed by atoms with Crippen molar-refractivity contribution in [2.45, 2.75) is 71.0 Å². The van der Waals surface area contributed by atoms with E-state index in [0.717, 1.165) is 6.26 Å². The van der Waals surface area contributed by atoms with Gasteiger partial charge in [0.25, 0.3) is 10.1 Å². The Hall–Kier alpha value is -1.00. The van der Waals surface area contributed by atoms with Gasteiger partial charge in [-0.1, -0.05) is 6.92 Å². The monoisotopic (exact) mass is 413 g/mol. The number of alkyl carbamates (subject to hydrolysis) is 1. The van der Waals surface area contributed by atoms with Crippen LogP contribution in [-0.4, -0.2) is 61.6 Å². The molecule has 0 aliphatic carbocycles. The van der Waals surface area contributed by atoms with E-state index in [1.54, 1.807) is 48.5 Å². The molecule has 8 nitrogen and oxygen atoms in total. The predicted octanol–water partition coefficient (Wildman–Crippen LogP) is 2.32. The molecule has 154 valence electrons. The molecular formula is C16H31NO7S2. The van der Waals surface area contributed by atoms with E-state index in [0.29, 0.717) is 0 Å². The molecule has 0 aliphatic heterocycles. The van der Waals surface area contributed by atoms with Crippen LogP contribution >= 0.6 is 11.8 Å². The van der Waals surface area contributed by atoms with Gasteiger partial charge in [-0.3, -0.25) is 4.18 Å². The van der Waals surface area contributed by atoms with Gasteiger partial charge >= 0.3 is 12.1 Å². The zero-order valence-electron chi connectivity index (χ0n) is 16.7. The highest BCUT2D eigenvalue weighted by molar-refractivity contribution is 8.00. The van der Waals surface area contributed by atoms with Crippen LogP contribution in [0.25, 0.3) is 0 Å². The molecule has 0 saturated carbocycles. The van der Waals surface area contributed by atoms with E-state index < -0.39 is 39.4 Å².